The van der Waals surface area contributed by atoms with Gasteiger partial charge < -0.3 is 9.32 Å². The molecule has 0 atom stereocenters. The van der Waals surface area contributed by atoms with E-state index in [1.54, 1.807) is 32.3 Å². The summed E-state index contributed by atoms with van der Waals surface area (Å²) in [6, 6.07) is 25.2. The van der Waals surface area contributed by atoms with Gasteiger partial charge >= 0.3 is 5.63 Å². The van der Waals surface area contributed by atoms with E-state index in [9.17, 15) is 22.8 Å². The van der Waals surface area contributed by atoms with Crippen LogP contribution in [0.3, 0.4) is 0 Å². The Bertz CT molecular complexity index is 1500. The lowest BCUT2D eigenvalue weighted by atomic mass is 10.1. The van der Waals surface area contributed by atoms with Gasteiger partial charge in [-0.2, -0.15) is 0 Å². The molecule has 5 nitrogen and oxygen atoms in total. The molecule has 0 saturated carbocycles. The third-order valence-electron chi connectivity index (χ3n) is 4.88. The van der Waals surface area contributed by atoms with Gasteiger partial charge in [-0.3, -0.25) is 9.78 Å². The number of carbonyl (C=O) groups excluding carboxylic acids is 1. The minimum Gasteiger partial charge on any atom is -0.423 e. The van der Waals surface area contributed by atoms with Gasteiger partial charge in [0, 0.05) is 42.7 Å². The van der Waals surface area contributed by atoms with E-state index in [1.165, 1.54) is 59.6 Å². The van der Waals surface area contributed by atoms with Gasteiger partial charge in [0.2, 0.25) is 0 Å². The first-order valence-corrected chi connectivity index (χ1v) is 13.1. The van der Waals surface area contributed by atoms with E-state index in [0.717, 1.165) is 16.6 Å². The van der Waals surface area contributed by atoms with Gasteiger partial charge in [0.05, 0.1) is 11.9 Å². The van der Waals surface area contributed by atoms with Crippen LogP contribution in [0.2, 0.25) is 0 Å². The Morgan fingerprint density at radius 3 is 1.83 bits per heavy atom. The van der Waals surface area contributed by atoms with Crippen LogP contribution in [-0.4, -0.2) is 29.9 Å². The van der Waals surface area contributed by atoms with Crippen molar-refractivity contribution in [2.24, 2.45) is 0 Å². The molecule has 0 aliphatic carbocycles. The fourth-order valence-electron chi connectivity index (χ4n) is 3.04. The lowest BCUT2D eigenvalue weighted by Gasteiger charge is -2.09. The highest BCUT2D eigenvalue weighted by Gasteiger charge is 2.06. The van der Waals surface area contributed by atoms with E-state index in [0.29, 0.717) is 5.56 Å². The molecule has 5 aromatic rings. The van der Waals surface area contributed by atoms with Crippen LogP contribution in [0.15, 0.2) is 112 Å². The number of carbonyl (C=O) groups is 1. The number of amides is 1. The second-order valence-electron chi connectivity index (χ2n) is 7.87. The van der Waals surface area contributed by atoms with E-state index in [4.69, 9.17) is 4.42 Å². The predicted octanol–water partition coefficient (Wildman–Crippen LogP) is 8.40. The summed E-state index contributed by atoms with van der Waals surface area (Å²) in [5, 5.41) is 0.719. The number of rotatable bonds is 2. The highest BCUT2D eigenvalue weighted by molar-refractivity contribution is 5.93. The van der Waals surface area contributed by atoms with Gasteiger partial charge in [-0.05, 0) is 54.6 Å². The maximum Gasteiger partial charge on any atom is 0.336 e. The van der Waals surface area contributed by atoms with E-state index in [-0.39, 0.29) is 23.1 Å². The third-order valence-corrected chi connectivity index (χ3v) is 4.88. The fourth-order valence-corrected chi connectivity index (χ4v) is 3.04. The molecule has 0 fully saturated rings. The SMILES string of the molecule is CC.CC.CN(C)C(=O)c1ccc(F)cc1.Fc1ccc(-c2ccccc2)nc1.O=c1ccc2ccc(F)cc2o1. The molecule has 8 heteroatoms. The van der Waals surface area contributed by atoms with Crippen LogP contribution in [0.4, 0.5) is 13.2 Å². The molecule has 1 amide bonds. The van der Waals surface area contributed by atoms with Crippen molar-refractivity contribution >= 4 is 16.9 Å². The molecule has 0 saturated heterocycles. The topological polar surface area (TPSA) is 63.4 Å². The lowest BCUT2D eigenvalue weighted by molar-refractivity contribution is 0.0827. The highest BCUT2D eigenvalue weighted by Crippen LogP contribution is 2.15. The van der Waals surface area contributed by atoms with Gasteiger partial charge in [0.25, 0.3) is 5.91 Å². The standard InChI is InChI=1S/C11H8FN.C9H10FNO.C9H5FO2.2C2H6/c12-10-6-7-11(13-8-10)9-4-2-1-3-5-9;1-11(2)9(12)7-3-5-8(10)6-4-7;10-7-3-1-6-2-4-9(11)12-8(6)5-7;2*1-2/h1-8H;3-6H,1-2H3;1-5H;2*1-2H3. The summed E-state index contributed by atoms with van der Waals surface area (Å²) in [6.07, 6.45) is 1.22. The summed E-state index contributed by atoms with van der Waals surface area (Å²) in [6.45, 7) is 8.00. The van der Waals surface area contributed by atoms with Gasteiger partial charge in [-0.1, -0.05) is 58.0 Å². The summed E-state index contributed by atoms with van der Waals surface area (Å²) in [7, 11) is 3.32. The van der Waals surface area contributed by atoms with E-state index >= 15 is 0 Å². The average molecular weight is 565 g/mol. The summed E-state index contributed by atoms with van der Waals surface area (Å²) in [5.74, 6) is -1.16. The van der Waals surface area contributed by atoms with Crippen LogP contribution in [0.1, 0.15) is 38.1 Å². The first kappa shape index (κ1) is 34.3. The molecule has 0 bridgehead atoms. The molecule has 2 heterocycles. The second kappa shape index (κ2) is 18.5. The summed E-state index contributed by atoms with van der Waals surface area (Å²) >= 11 is 0. The zero-order chi connectivity index (χ0) is 30.8. The maximum absolute atomic E-state index is 12.6. The van der Waals surface area contributed by atoms with Gasteiger partial charge in [-0.25, -0.2) is 18.0 Å². The molecule has 5 rings (SSSR count). The number of benzene rings is 3. The second-order valence-corrected chi connectivity index (χ2v) is 7.87. The first-order valence-electron chi connectivity index (χ1n) is 13.1. The van der Waals surface area contributed by atoms with Crippen LogP contribution in [-0.2, 0) is 0 Å². The zero-order valence-corrected chi connectivity index (χ0v) is 24.1. The Labute approximate surface area is 238 Å². The molecule has 2 aromatic heterocycles. The maximum atomic E-state index is 12.6. The lowest BCUT2D eigenvalue weighted by Crippen LogP contribution is -2.21. The molecular formula is C33H35F3N2O3. The molecular weight excluding hydrogens is 529 g/mol. The smallest absolute Gasteiger partial charge is 0.336 e. The molecule has 41 heavy (non-hydrogen) atoms. The van der Waals surface area contributed by atoms with Crippen molar-refractivity contribution < 1.29 is 22.4 Å². The number of hydrogen-bond acceptors (Lipinski definition) is 4. The molecule has 3 aromatic carbocycles. The number of aromatic nitrogens is 1. The van der Waals surface area contributed by atoms with Crippen molar-refractivity contribution in [1.82, 2.24) is 9.88 Å². The molecule has 0 aliphatic heterocycles. The van der Waals surface area contributed by atoms with Gasteiger partial charge in [-0.15, -0.1) is 0 Å². The summed E-state index contributed by atoms with van der Waals surface area (Å²) in [5.41, 5.74) is 2.11. The van der Waals surface area contributed by atoms with Crippen LogP contribution in [0.25, 0.3) is 22.2 Å². The number of fused-ring (bicyclic) bond motifs is 1. The Morgan fingerprint density at radius 1 is 0.707 bits per heavy atom. The van der Waals surface area contributed by atoms with Crippen molar-refractivity contribution in [3.05, 3.63) is 137 Å². The average Bonchev–Trinajstić information content (AvgIpc) is 3.00. The molecule has 0 unspecified atom stereocenters. The minimum absolute atomic E-state index is 0.116. The fraction of sp³-hybridized carbons (Fsp3) is 0.182. The van der Waals surface area contributed by atoms with Crippen LogP contribution >= 0.6 is 0 Å². The van der Waals surface area contributed by atoms with Crippen molar-refractivity contribution in [1.29, 1.82) is 0 Å². The Balaban J connectivity index is 0.000000290. The van der Waals surface area contributed by atoms with Crippen LogP contribution < -0.4 is 5.63 Å². The van der Waals surface area contributed by atoms with Crippen molar-refractivity contribution in [3.8, 4) is 11.3 Å². The van der Waals surface area contributed by atoms with Crippen molar-refractivity contribution in [2.75, 3.05) is 14.1 Å². The zero-order valence-electron chi connectivity index (χ0n) is 24.1. The van der Waals surface area contributed by atoms with Gasteiger partial charge in [0.1, 0.15) is 23.0 Å². The van der Waals surface area contributed by atoms with E-state index in [2.05, 4.69) is 4.98 Å². The summed E-state index contributed by atoms with van der Waals surface area (Å²) < 4.78 is 42.3. The number of nitrogens with zero attached hydrogens (tertiary/aromatic N) is 2. The predicted molar refractivity (Wildman–Crippen MR) is 159 cm³/mol. The summed E-state index contributed by atoms with van der Waals surface area (Å²) in [4.78, 5) is 27.4. The molecule has 0 aliphatic rings. The largest absolute Gasteiger partial charge is 0.423 e. The van der Waals surface area contributed by atoms with Crippen molar-refractivity contribution in [2.45, 2.75) is 27.7 Å². The molecule has 0 N–H and O–H groups in total. The van der Waals surface area contributed by atoms with Gasteiger partial charge in [0.15, 0.2) is 0 Å². The highest BCUT2D eigenvalue weighted by atomic mass is 19.1. The number of pyridine rings is 1. The first-order chi connectivity index (χ1) is 19.7. The normalized spacial score (nSPS) is 9.29. The Hall–Kier alpha value is -4.72. The number of halogens is 3. The molecule has 216 valence electrons. The Morgan fingerprint density at radius 2 is 1.27 bits per heavy atom. The Kier molecular flexibility index (Phi) is 15.5. The number of hydrogen-bond donors (Lipinski definition) is 0. The van der Waals surface area contributed by atoms with Crippen molar-refractivity contribution in [3.63, 3.8) is 0 Å². The minimum atomic E-state index is -0.465. The third kappa shape index (κ3) is 11.9. The van der Waals surface area contributed by atoms with E-state index < -0.39 is 11.4 Å². The monoisotopic (exact) mass is 564 g/mol. The quantitative estimate of drug-likeness (QED) is 0.202. The van der Waals surface area contributed by atoms with Crippen LogP contribution in [0.5, 0.6) is 0 Å². The van der Waals surface area contributed by atoms with Crippen LogP contribution in [0, 0.1) is 17.5 Å². The molecule has 0 spiro atoms. The van der Waals surface area contributed by atoms with E-state index in [1.807, 2.05) is 58.0 Å². The molecule has 0 radical (unpaired) electrons.